The van der Waals surface area contributed by atoms with Gasteiger partial charge in [-0.1, -0.05) is 41.5 Å². The van der Waals surface area contributed by atoms with Gasteiger partial charge in [-0.2, -0.15) is 0 Å². The average molecular weight is 296 g/mol. The van der Waals surface area contributed by atoms with Crippen LogP contribution in [-0.2, 0) is 9.59 Å². The summed E-state index contributed by atoms with van der Waals surface area (Å²) >= 11 is 0. The maximum Gasteiger partial charge on any atom is 0.246 e. The highest BCUT2D eigenvalue weighted by atomic mass is 16.2. The second kappa shape index (κ2) is 6.37. The van der Waals surface area contributed by atoms with E-state index in [2.05, 4.69) is 19.2 Å². The molecule has 0 saturated carbocycles. The topological polar surface area (TPSA) is 49.4 Å². The van der Waals surface area contributed by atoms with Crippen molar-refractivity contribution in [3.8, 4) is 0 Å². The highest BCUT2D eigenvalue weighted by Crippen LogP contribution is 2.31. The van der Waals surface area contributed by atoms with Crippen molar-refractivity contribution < 1.29 is 9.59 Å². The van der Waals surface area contributed by atoms with Gasteiger partial charge in [0.05, 0.1) is 0 Å². The summed E-state index contributed by atoms with van der Waals surface area (Å²) in [7, 11) is 0. The molecule has 0 aromatic rings. The third-order valence-corrected chi connectivity index (χ3v) is 4.59. The highest BCUT2D eigenvalue weighted by Gasteiger charge is 2.50. The third-order valence-electron chi connectivity index (χ3n) is 4.59. The molecule has 2 unspecified atom stereocenters. The molecule has 0 bridgehead atoms. The molecule has 1 aliphatic rings. The van der Waals surface area contributed by atoms with Crippen molar-refractivity contribution in [1.29, 1.82) is 0 Å². The smallest absolute Gasteiger partial charge is 0.246 e. The van der Waals surface area contributed by atoms with Crippen molar-refractivity contribution >= 4 is 11.8 Å². The molecule has 0 aromatic heterocycles. The first kappa shape index (κ1) is 18.0. The van der Waals surface area contributed by atoms with E-state index in [1.54, 1.807) is 0 Å². The molecular weight excluding hydrogens is 264 g/mol. The van der Waals surface area contributed by atoms with Gasteiger partial charge in [0, 0.05) is 6.54 Å². The summed E-state index contributed by atoms with van der Waals surface area (Å²) < 4.78 is 0. The second-order valence-corrected chi connectivity index (χ2v) is 7.93. The Balaban J connectivity index is 2.99. The van der Waals surface area contributed by atoms with Crippen molar-refractivity contribution in [2.75, 3.05) is 6.54 Å². The van der Waals surface area contributed by atoms with Crippen LogP contribution in [0.15, 0.2) is 0 Å². The monoisotopic (exact) mass is 296 g/mol. The summed E-state index contributed by atoms with van der Waals surface area (Å²) in [5, 5.41) is 2.95. The van der Waals surface area contributed by atoms with E-state index in [4.69, 9.17) is 0 Å². The maximum absolute atomic E-state index is 12.9. The number of carbonyl (C=O) groups excluding carboxylic acids is 2. The van der Waals surface area contributed by atoms with Crippen molar-refractivity contribution in [2.45, 2.75) is 79.3 Å². The van der Waals surface area contributed by atoms with Gasteiger partial charge in [-0.15, -0.1) is 0 Å². The average Bonchev–Trinajstić information content (AvgIpc) is 2.36. The van der Waals surface area contributed by atoms with Crippen LogP contribution in [0.2, 0.25) is 0 Å². The Bertz CT molecular complexity index is 398. The fourth-order valence-electron chi connectivity index (χ4n) is 2.82. The highest BCUT2D eigenvalue weighted by molar-refractivity contribution is 5.99. The predicted molar refractivity (Wildman–Crippen MR) is 85.9 cm³/mol. The fraction of sp³-hybridized carbons (Fsp3) is 0.882. The van der Waals surface area contributed by atoms with Gasteiger partial charge >= 0.3 is 0 Å². The summed E-state index contributed by atoms with van der Waals surface area (Å²) in [4.78, 5) is 27.3. The summed E-state index contributed by atoms with van der Waals surface area (Å²) in [6, 6.07) is -0.427. The lowest BCUT2D eigenvalue weighted by molar-refractivity contribution is -0.160. The Kier molecular flexibility index (Phi) is 5.46. The van der Waals surface area contributed by atoms with Crippen LogP contribution in [0, 0.1) is 11.3 Å². The summed E-state index contributed by atoms with van der Waals surface area (Å²) in [6.45, 7) is 14.9. The van der Waals surface area contributed by atoms with Gasteiger partial charge in [-0.25, -0.2) is 0 Å². The van der Waals surface area contributed by atoms with Crippen LogP contribution in [0.5, 0.6) is 0 Å². The van der Waals surface area contributed by atoms with Gasteiger partial charge in [-0.05, 0) is 37.5 Å². The maximum atomic E-state index is 12.9. The predicted octanol–water partition coefficient (Wildman–Crippen LogP) is 2.96. The molecule has 0 spiro atoms. The lowest BCUT2D eigenvalue weighted by Gasteiger charge is -2.49. The van der Waals surface area contributed by atoms with Crippen molar-refractivity contribution in [3.63, 3.8) is 0 Å². The largest absolute Gasteiger partial charge is 0.342 e. The van der Waals surface area contributed by atoms with E-state index in [1.165, 1.54) is 0 Å². The van der Waals surface area contributed by atoms with E-state index in [9.17, 15) is 9.59 Å². The molecule has 4 heteroatoms. The first-order chi connectivity index (χ1) is 9.54. The third kappa shape index (κ3) is 3.78. The normalized spacial score (nSPS) is 27.2. The van der Waals surface area contributed by atoms with Crippen LogP contribution < -0.4 is 5.32 Å². The minimum atomic E-state index is -0.712. The molecule has 1 rings (SSSR count). The van der Waals surface area contributed by atoms with Crippen LogP contribution in [0.4, 0.5) is 0 Å². The number of piperazine rings is 1. The number of hydrogen-bond acceptors (Lipinski definition) is 2. The van der Waals surface area contributed by atoms with E-state index >= 15 is 0 Å². The Morgan fingerprint density at radius 1 is 1.29 bits per heavy atom. The number of nitrogens with one attached hydrogen (secondary N) is 1. The first-order valence-corrected chi connectivity index (χ1v) is 8.16. The first-order valence-electron chi connectivity index (χ1n) is 8.16. The van der Waals surface area contributed by atoms with Crippen molar-refractivity contribution in [2.24, 2.45) is 11.3 Å². The molecule has 1 N–H and O–H groups in total. The van der Waals surface area contributed by atoms with Crippen LogP contribution in [0.3, 0.4) is 0 Å². The molecule has 1 saturated heterocycles. The second-order valence-electron chi connectivity index (χ2n) is 7.93. The lowest BCUT2D eigenvalue weighted by atomic mass is 9.80. The van der Waals surface area contributed by atoms with Gasteiger partial charge in [0.2, 0.25) is 11.8 Å². The molecule has 0 radical (unpaired) electrons. The molecule has 21 heavy (non-hydrogen) atoms. The van der Waals surface area contributed by atoms with Crippen LogP contribution in [0.25, 0.3) is 0 Å². The lowest BCUT2D eigenvalue weighted by Crippen LogP contribution is -2.71. The van der Waals surface area contributed by atoms with E-state index in [-0.39, 0.29) is 17.2 Å². The SMILES string of the molecule is CCC1(C)C(=O)NC(C(C)(C)C)C(=O)N1CCCC(C)C. The summed E-state index contributed by atoms with van der Waals surface area (Å²) in [5.41, 5.74) is -0.978. The zero-order valence-electron chi connectivity index (χ0n) is 14.7. The van der Waals surface area contributed by atoms with E-state index in [0.29, 0.717) is 18.9 Å². The minimum Gasteiger partial charge on any atom is -0.342 e. The van der Waals surface area contributed by atoms with Gasteiger partial charge < -0.3 is 10.2 Å². The number of rotatable bonds is 5. The zero-order chi connectivity index (χ0) is 16.4. The number of nitrogens with zero attached hydrogens (tertiary/aromatic N) is 1. The number of hydrogen-bond donors (Lipinski definition) is 1. The molecule has 2 amide bonds. The number of amides is 2. The van der Waals surface area contributed by atoms with Gasteiger partial charge in [0.15, 0.2) is 0 Å². The van der Waals surface area contributed by atoms with E-state index in [1.807, 2.05) is 39.5 Å². The minimum absolute atomic E-state index is 0.0194. The Hall–Kier alpha value is -1.06. The van der Waals surface area contributed by atoms with Crippen LogP contribution in [-0.4, -0.2) is 34.8 Å². The summed E-state index contributed by atoms with van der Waals surface area (Å²) in [5.74, 6) is 0.661. The van der Waals surface area contributed by atoms with Gasteiger partial charge in [0.25, 0.3) is 0 Å². The number of carbonyl (C=O) groups is 2. The van der Waals surface area contributed by atoms with Gasteiger partial charge in [-0.3, -0.25) is 9.59 Å². The molecule has 0 aromatic carbocycles. The van der Waals surface area contributed by atoms with Crippen molar-refractivity contribution in [3.05, 3.63) is 0 Å². The molecular formula is C17H32N2O2. The zero-order valence-corrected chi connectivity index (χ0v) is 14.7. The van der Waals surface area contributed by atoms with Crippen LogP contribution in [0.1, 0.15) is 67.7 Å². The van der Waals surface area contributed by atoms with Crippen molar-refractivity contribution in [1.82, 2.24) is 10.2 Å². The van der Waals surface area contributed by atoms with Crippen LogP contribution >= 0.6 is 0 Å². The molecule has 1 fully saturated rings. The molecule has 2 atom stereocenters. The molecule has 4 nitrogen and oxygen atoms in total. The Morgan fingerprint density at radius 3 is 2.29 bits per heavy atom. The molecule has 122 valence electrons. The Labute approximate surface area is 129 Å². The quantitative estimate of drug-likeness (QED) is 0.848. The standard InChI is InChI=1S/C17H32N2O2/c1-8-17(7)15(21)18-13(16(4,5)6)14(20)19(17)11-9-10-12(2)3/h12-13H,8-11H2,1-7H3,(H,18,21). The fourth-order valence-corrected chi connectivity index (χ4v) is 2.82. The molecule has 0 aliphatic carbocycles. The van der Waals surface area contributed by atoms with Gasteiger partial charge in [0.1, 0.15) is 11.6 Å². The van der Waals surface area contributed by atoms with E-state index < -0.39 is 11.6 Å². The Morgan fingerprint density at radius 2 is 1.86 bits per heavy atom. The summed E-state index contributed by atoms with van der Waals surface area (Å²) in [6.07, 6.45) is 2.66. The molecule has 1 aliphatic heterocycles. The van der Waals surface area contributed by atoms with E-state index in [0.717, 1.165) is 12.8 Å². The molecule has 1 heterocycles.